The maximum atomic E-state index is 11.6. The molecule has 0 aromatic heterocycles. The molecule has 0 aliphatic rings. The van der Waals surface area contributed by atoms with Gasteiger partial charge in [-0.2, -0.15) is 0 Å². The second-order valence-electron chi connectivity index (χ2n) is 4.45. The summed E-state index contributed by atoms with van der Waals surface area (Å²) in [7, 11) is -1.99. The molecule has 19 heavy (non-hydrogen) atoms. The van der Waals surface area contributed by atoms with E-state index in [1.807, 2.05) is 13.8 Å². The van der Waals surface area contributed by atoms with Gasteiger partial charge in [0.15, 0.2) is 0 Å². The molecule has 1 rings (SSSR count). The van der Waals surface area contributed by atoms with Crippen LogP contribution in [0.15, 0.2) is 29.2 Å². The van der Waals surface area contributed by atoms with Gasteiger partial charge in [0, 0.05) is 12.1 Å². The predicted octanol–water partition coefficient (Wildman–Crippen LogP) is 1.02. The Hall–Kier alpha value is -0.950. The predicted molar refractivity (Wildman–Crippen MR) is 75.4 cm³/mol. The van der Waals surface area contributed by atoms with E-state index in [1.54, 1.807) is 24.3 Å². The second-order valence-corrected chi connectivity index (χ2v) is 6.34. The van der Waals surface area contributed by atoms with Crippen LogP contribution in [0, 0.1) is 0 Å². The standard InChI is InChI=1S/C13H22N2O3S/c1-4-12(9-16)15-10(2)11-5-7-13(8-6-11)19(17,18)14-3/h5-8,10,12,14-16H,4,9H2,1-3H3. The van der Waals surface area contributed by atoms with E-state index in [1.165, 1.54) is 7.05 Å². The fourth-order valence-electron chi connectivity index (χ4n) is 1.80. The third kappa shape index (κ3) is 4.28. The third-order valence-corrected chi connectivity index (χ3v) is 4.59. The van der Waals surface area contributed by atoms with Crippen LogP contribution in [0.4, 0.5) is 0 Å². The zero-order valence-electron chi connectivity index (χ0n) is 11.6. The molecule has 108 valence electrons. The molecule has 0 heterocycles. The number of sulfonamides is 1. The van der Waals surface area contributed by atoms with Crippen LogP contribution < -0.4 is 10.0 Å². The summed E-state index contributed by atoms with van der Waals surface area (Å²) in [5.41, 5.74) is 0.988. The van der Waals surface area contributed by atoms with Crippen LogP contribution in [-0.4, -0.2) is 33.2 Å². The third-order valence-electron chi connectivity index (χ3n) is 3.16. The first kappa shape index (κ1) is 16.1. The minimum atomic E-state index is -3.38. The molecule has 0 fully saturated rings. The summed E-state index contributed by atoms with van der Waals surface area (Å²) >= 11 is 0. The Balaban J connectivity index is 2.81. The van der Waals surface area contributed by atoms with Crippen molar-refractivity contribution in [1.82, 2.24) is 10.0 Å². The smallest absolute Gasteiger partial charge is 0.240 e. The minimum absolute atomic E-state index is 0.0516. The zero-order valence-corrected chi connectivity index (χ0v) is 12.4. The first-order valence-electron chi connectivity index (χ1n) is 6.35. The van der Waals surface area contributed by atoms with Gasteiger partial charge >= 0.3 is 0 Å². The maximum Gasteiger partial charge on any atom is 0.240 e. The van der Waals surface area contributed by atoms with Crippen LogP contribution in [0.3, 0.4) is 0 Å². The molecule has 0 aliphatic carbocycles. The van der Waals surface area contributed by atoms with Gasteiger partial charge in [-0.05, 0) is 38.1 Å². The summed E-state index contributed by atoms with van der Waals surface area (Å²) in [5.74, 6) is 0. The molecule has 6 heteroatoms. The summed E-state index contributed by atoms with van der Waals surface area (Å²) in [4.78, 5) is 0.250. The molecule has 2 unspecified atom stereocenters. The van der Waals surface area contributed by atoms with E-state index < -0.39 is 10.0 Å². The Kier molecular flexibility index (Phi) is 5.93. The summed E-state index contributed by atoms with van der Waals surface area (Å²) < 4.78 is 25.5. The summed E-state index contributed by atoms with van der Waals surface area (Å²) in [6.45, 7) is 4.08. The molecule has 0 bridgehead atoms. The van der Waals surface area contributed by atoms with E-state index in [0.29, 0.717) is 0 Å². The molecule has 0 spiro atoms. The molecule has 0 radical (unpaired) electrons. The quantitative estimate of drug-likeness (QED) is 0.699. The number of aliphatic hydroxyl groups is 1. The highest BCUT2D eigenvalue weighted by atomic mass is 32.2. The first-order valence-corrected chi connectivity index (χ1v) is 7.83. The van der Waals surface area contributed by atoms with Crippen molar-refractivity contribution < 1.29 is 13.5 Å². The first-order chi connectivity index (χ1) is 8.94. The number of nitrogens with one attached hydrogen (secondary N) is 2. The van der Waals surface area contributed by atoms with Crippen molar-refractivity contribution in [3.63, 3.8) is 0 Å². The van der Waals surface area contributed by atoms with Crippen molar-refractivity contribution in [3.05, 3.63) is 29.8 Å². The highest BCUT2D eigenvalue weighted by molar-refractivity contribution is 7.89. The van der Waals surface area contributed by atoms with E-state index in [4.69, 9.17) is 5.11 Å². The lowest BCUT2D eigenvalue weighted by Crippen LogP contribution is -2.33. The molecule has 1 aromatic carbocycles. The van der Waals surface area contributed by atoms with Gasteiger partial charge in [0.2, 0.25) is 10.0 Å². The molecule has 2 atom stereocenters. The van der Waals surface area contributed by atoms with Gasteiger partial charge in [0.1, 0.15) is 0 Å². The van der Waals surface area contributed by atoms with E-state index in [-0.39, 0.29) is 23.6 Å². The van der Waals surface area contributed by atoms with Crippen molar-refractivity contribution in [2.45, 2.75) is 37.2 Å². The van der Waals surface area contributed by atoms with Crippen molar-refractivity contribution in [2.24, 2.45) is 0 Å². The van der Waals surface area contributed by atoms with E-state index in [2.05, 4.69) is 10.0 Å². The maximum absolute atomic E-state index is 11.6. The normalized spacial score (nSPS) is 15.2. The van der Waals surface area contributed by atoms with Gasteiger partial charge < -0.3 is 10.4 Å². The summed E-state index contributed by atoms with van der Waals surface area (Å²) in [5, 5.41) is 12.4. The Morgan fingerprint density at radius 3 is 2.26 bits per heavy atom. The van der Waals surface area contributed by atoms with E-state index >= 15 is 0 Å². The van der Waals surface area contributed by atoms with Crippen LogP contribution in [0.1, 0.15) is 31.9 Å². The van der Waals surface area contributed by atoms with Crippen molar-refractivity contribution >= 4 is 10.0 Å². The van der Waals surface area contributed by atoms with E-state index in [0.717, 1.165) is 12.0 Å². The molecular formula is C13H22N2O3S. The lowest BCUT2D eigenvalue weighted by Gasteiger charge is -2.21. The van der Waals surface area contributed by atoms with E-state index in [9.17, 15) is 8.42 Å². The van der Waals surface area contributed by atoms with Crippen molar-refractivity contribution in [2.75, 3.05) is 13.7 Å². The lowest BCUT2D eigenvalue weighted by atomic mass is 10.1. The molecule has 3 N–H and O–H groups in total. The van der Waals surface area contributed by atoms with Gasteiger partial charge in [-0.15, -0.1) is 0 Å². The van der Waals surface area contributed by atoms with Crippen molar-refractivity contribution in [3.8, 4) is 0 Å². The fraction of sp³-hybridized carbons (Fsp3) is 0.538. The average Bonchev–Trinajstić information content (AvgIpc) is 2.44. The highest BCUT2D eigenvalue weighted by Crippen LogP contribution is 2.16. The summed E-state index contributed by atoms with van der Waals surface area (Å²) in [6, 6.07) is 6.84. The number of hydrogen-bond acceptors (Lipinski definition) is 4. The Bertz CT molecular complexity index is 481. The average molecular weight is 286 g/mol. The number of rotatable bonds is 7. The number of hydrogen-bond donors (Lipinski definition) is 3. The molecular weight excluding hydrogens is 264 g/mol. The number of aliphatic hydroxyl groups excluding tert-OH is 1. The van der Waals surface area contributed by atoms with Crippen LogP contribution in [0.2, 0.25) is 0 Å². The molecule has 0 saturated carbocycles. The number of benzene rings is 1. The minimum Gasteiger partial charge on any atom is -0.395 e. The van der Waals surface area contributed by atoms with Crippen LogP contribution >= 0.6 is 0 Å². The van der Waals surface area contributed by atoms with Crippen molar-refractivity contribution in [1.29, 1.82) is 0 Å². The van der Waals surface area contributed by atoms with Crippen LogP contribution in [-0.2, 0) is 10.0 Å². The molecule has 5 nitrogen and oxygen atoms in total. The van der Waals surface area contributed by atoms with Gasteiger partial charge in [0.05, 0.1) is 11.5 Å². The SMILES string of the molecule is CCC(CO)NC(C)c1ccc(S(=O)(=O)NC)cc1. The fourth-order valence-corrected chi connectivity index (χ4v) is 2.53. The zero-order chi connectivity index (χ0) is 14.5. The lowest BCUT2D eigenvalue weighted by molar-refractivity contribution is 0.230. The molecule has 0 aliphatic heterocycles. The summed E-state index contributed by atoms with van der Waals surface area (Å²) in [6.07, 6.45) is 0.840. The Morgan fingerprint density at radius 2 is 1.84 bits per heavy atom. The van der Waals surface area contributed by atoms with Gasteiger partial charge in [-0.25, -0.2) is 13.1 Å². The largest absolute Gasteiger partial charge is 0.395 e. The Labute approximate surface area is 115 Å². The second kappa shape index (κ2) is 7.00. The topological polar surface area (TPSA) is 78.4 Å². The Morgan fingerprint density at radius 1 is 1.26 bits per heavy atom. The molecule has 0 saturated heterocycles. The molecule has 1 aromatic rings. The van der Waals surface area contributed by atoms with Gasteiger partial charge in [-0.1, -0.05) is 19.1 Å². The van der Waals surface area contributed by atoms with Gasteiger partial charge in [-0.3, -0.25) is 0 Å². The molecule has 0 amide bonds. The van der Waals surface area contributed by atoms with Crippen LogP contribution in [0.25, 0.3) is 0 Å². The monoisotopic (exact) mass is 286 g/mol. The van der Waals surface area contributed by atoms with Crippen LogP contribution in [0.5, 0.6) is 0 Å². The van der Waals surface area contributed by atoms with Gasteiger partial charge in [0.25, 0.3) is 0 Å². The highest BCUT2D eigenvalue weighted by Gasteiger charge is 2.14.